The number of allylic oxidation sites excluding steroid dienone is 6. The van der Waals surface area contributed by atoms with E-state index in [0.29, 0.717) is 0 Å². The van der Waals surface area contributed by atoms with Crippen molar-refractivity contribution in [3.8, 4) is 16.8 Å². The molecule has 1 aliphatic heterocycles. The molecule has 2 heteroatoms. The van der Waals surface area contributed by atoms with Gasteiger partial charge in [0.15, 0.2) is 0 Å². The van der Waals surface area contributed by atoms with Gasteiger partial charge >= 0.3 is 0 Å². The van der Waals surface area contributed by atoms with E-state index in [-0.39, 0.29) is 22.3 Å². The second-order valence-corrected chi connectivity index (χ2v) is 15.9. The molecular weight excluding hydrogens is 643 g/mol. The topological polar surface area (TPSA) is 14.2 Å². The normalized spacial score (nSPS) is 23.9. The van der Waals surface area contributed by atoms with E-state index in [0.717, 1.165) is 12.2 Å². The van der Waals surface area contributed by atoms with Gasteiger partial charge in [-0.25, -0.2) is 0 Å². The van der Waals surface area contributed by atoms with E-state index < -0.39 is 0 Å². The highest BCUT2D eigenvalue weighted by Crippen LogP contribution is 2.71. The van der Waals surface area contributed by atoms with Crippen LogP contribution >= 0.6 is 0 Å². The Balaban J connectivity index is 0.999. The van der Waals surface area contributed by atoms with Gasteiger partial charge < -0.3 is 9.30 Å². The van der Waals surface area contributed by atoms with Crippen molar-refractivity contribution in [2.45, 2.75) is 31.8 Å². The number of rotatable bonds is 2. The molecule has 0 N–H and O–H groups in total. The molecule has 6 aromatic carbocycles. The summed E-state index contributed by atoms with van der Waals surface area (Å²) in [5.41, 5.74) is 16.4. The van der Waals surface area contributed by atoms with Crippen molar-refractivity contribution in [1.82, 2.24) is 4.57 Å². The molecular formula is C51H37NO. The predicted octanol–water partition coefficient (Wildman–Crippen LogP) is 12.2. The third kappa shape index (κ3) is 3.41. The zero-order valence-electron chi connectivity index (χ0n) is 29.8. The van der Waals surface area contributed by atoms with Crippen molar-refractivity contribution in [3.05, 3.63) is 209 Å². The lowest BCUT2D eigenvalue weighted by atomic mass is 9.54. The Kier molecular flexibility index (Phi) is 5.59. The molecule has 5 aliphatic rings. The SMILES string of the molecule is CC12CC3=C(C=C1OC1C=CC=C(c4ccc(-n5c6ccccc6c6ccccc65)cc4)C12C)C1(c2ccccc23)c2ccccc2-c2ccccc21. The Morgan fingerprint density at radius 2 is 1.15 bits per heavy atom. The maximum Gasteiger partial charge on any atom is 0.127 e. The number of ether oxygens (including phenoxy) is 1. The summed E-state index contributed by atoms with van der Waals surface area (Å²) >= 11 is 0. The molecule has 252 valence electrons. The summed E-state index contributed by atoms with van der Waals surface area (Å²) in [6.07, 6.45) is 10.2. The van der Waals surface area contributed by atoms with Crippen molar-refractivity contribution in [3.63, 3.8) is 0 Å². The highest BCUT2D eigenvalue weighted by atomic mass is 16.5. The molecule has 0 radical (unpaired) electrons. The van der Waals surface area contributed by atoms with E-state index in [1.54, 1.807) is 0 Å². The lowest BCUT2D eigenvalue weighted by Crippen LogP contribution is -2.42. The van der Waals surface area contributed by atoms with E-state index in [1.807, 2.05) is 0 Å². The van der Waals surface area contributed by atoms with Crippen LogP contribution in [0.25, 0.3) is 49.8 Å². The summed E-state index contributed by atoms with van der Waals surface area (Å²) < 4.78 is 9.59. The molecule has 4 aliphatic carbocycles. The quantitative estimate of drug-likeness (QED) is 0.177. The van der Waals surface area contributed by atoms with Gasteiger partial charge in [0.2, 0.25) is 0 Å². The maximum absolute atomic E-state index is 7.19. The summed E-state index contributed by atoms with van der Waals surface area (Å²) in [5.74, 6) is 1.11. The number of benzene rings is 6. The Labute approximate surface area is 309 Å². The fourth-order valence-corrected chi connectivity index (χ4v) is 11.2. The van der Waals surface area contributed by atoms with Gasteiger partial charge in [0.05, 0.1) is 16.4 Å². The highest BCUT2D eigenvalue weighted by Gasteiger charge is 2.65. The first-order chi connectivity index (χ1) is 26.0. The summed E-state index contributed by atoms with van der Waals surface area (Å²) in [5, 5.41) is 2.56. The summed E-state index contributed by atoms with van der Waals surface area (Å²) in [7, 11) is 0. The molecule has 0 amide bonds. The molecule has 1 fully saturated rings. The Morgan fingerprint density at radius 1 is 0.604 bits per heavy atom. The van der Waals surface area contributed by atoms with Gasteiger partial charge in [-0.2, -0.15) is 0 Å². The molecule has 1 saturated heterocycles. The minimum absolute atomic E-state index is 0.0647. The van der Waals surface area contributed by atoms with Gasteiger partial charge in [0.1, 0.15) is 11.9 Å². The van der Waals surface area contributed by atoms with Crippen LogP contribution in [0, 0.1) is 10.8 Å². The monoisotopic (exact) mass is 679 g/mol. The van der Waals surface area contributed by atoms with Gasteiger partial charge in [0.25, 0.3) is 0 Å². The molecule has 3 unspecified atom stereocenters. The predicted molar refractivity (Wildman–Crippen MR) is 217 cm³/mol. The number of para-hydroxylation sites is 2. The van der Waals surface area contributed by atoms with Crippen LogP contribution in [0.15, 0.2) is 181 Å². The van der Waals surface area contributed by atoms with Gasteiger partial charge in [-0.15, -0.1) is 0 Å². The van der Waals surface area contributed by atoms with Crippen LogP contribution in [0.1, 0.15) is 48.1 Å². The number of hydrogen-bond acceptors (Lipinski definition) is 1. The standard InChI is InChI=1S/C51H37NO/c1-49-31-39-36-16-5-10-21-43(36)51(41-19-8-3-14-34(41)35-15-4-9-20-42(35)51)44(39)30-48(49)53-47-25-13-22-40(50(47,49)2)32-26-28-33(29-27-32)52-45-23-11-6-17-37(45)38-18-7-12-24-46(38)52/h3-30,47H,31H2,1-2H3. The third-order valence-corrected chi connectivity index (χ3v) is 13.8. The number of nitrogens with zero attached hydrogens (tertiary/aromatic N) is 1. The molecule has 53 heavy (non-hydrogen) atoms. The molecule has 3 atom stereocenters. The summed E-state index contributed by atoms with van der Waals surface area (Å²) in [4.78, 5) is 0. The first-order valence-electron chi connectivity index (χ1n) is 18.9. The molecule has 0 saturated carbocycles. The Bertz CT molecular complexity index is 2780. The average molecular weight is 680 g/mol. The van der Waals surface area contributed by atoms with Crippen molar-refractivity contribution >= 4 is 33.0 Å². The highest BCUT2D eigenvalue weighted by molar-refractivity contribution is 6.09. The van der Waals surface area contributed by atoms with Crippen LogP contribution in [0.4, 0.5) is 0 Å². The van der Waals surface area contributed by atoms with E-state index in [4.69, 9.17) is 4.74 Å². The third-order valence-electron chi connectivity index (χ3n) is 13.8. The van der Waals surface area contributed by atoms with Crippen molar-refractivity contribution < 1.29 is 4.74 Å². The maximum atomic E-state index is 7.19. The smallest absolute Gasteiger partial charge is 0.127 e. The first kappa shape index (κ1) is 29.5. The molecule has 0 bridgehead atoms. The minimum atomic E-state index is -0.359. The van der Waals surface area contributed by atoms with E-state index in [2.05, 4.69) is 188 Å². The summed E-state index contributed by atoms with van der Waals surface area (Å²) in [6.45, 7) is 4.92. The van der Waals surface area contributed by atoms with E-state index >= 15 is 0 Å². The van der Waals surface area contributed by atoms with Gasteiger partial charge in [0, 0.05) is 27.3 Å². The van der Waals surface area contributed by atoms with Crippen LogP contribution < -0.4 is 0 Å². The molecule has 1 aromatic heterocycles. The first-order valence-corrected chi connectivity index (χ1v) is 18.9. The average Bonchev–Trinajstić information content (AvgIpc) is 3.87. The number of aromatic nitrogens is 1. The lowest BCUT2D eigenvalue weighted by molar-refractivity contribution is 0.143. The van der Waals surface area contributed by atoms with Gasteiger partial charge in [-0.05, 0) is 98.5 Å². The molecule has 7 aromatic rings. The van der Waals surface area contributed by atoms with E-state index in [9.17, 15) is 0 Å². The lowest BCUT2D eigenvalue weighted by Gasteiger charge is -2.46. The Morgan fingerprint density at radius 3 is 1.79 bits per heavy atom. The van der Waals surface area contributed by atoms with Crippen LogP contribution in [0.5, 0.6) is 0 Å². The van der Waals surface area contributed by atoms with Crippen LogP contribution in [-0.2, 0) is 10.2 Å². The fourth-order valence-electron chi connectivity index (χ4n) is 11.2. The van der Waals surface area contributed by atoms with Crippen molar-refractivity contribution in [2.75, 3.05) is 0 Å². The van der Waals surface area contributed by atoms with Gasteiger partial charge in [-0.1, -0.05) is 147 Å². The number of fused-ring (bicyclic) bond motifs is 15. The largest absolute Gasteiger partial charge is 0.489 e. The molecule has 2 nitrogen and oxygen atoms in total. The second kappa shape index (κ2) is 10.1. The van der Waals surface area contributed by atoms with Crippen molar-refractivity contribution in [2.24, 2.45) is 10.8 Å². The molecule has 2 heterocycles. The zero-order chi connectivity index (χ0) is 35.1. The number of hydrogen-bond donors (Lipinski definition) is 0. The van der Waals surface area contributed by atoms with Crippen LogP contribution in [-0.4, -0.2) is 10.7 Å². The van der Waals surface area contributed by atoms with Crippen molar-refractivity contribution in [1.29, 1.82) is 0 Å². The summed E-state index contributed by atoms with van der Waals surface area (Å²) in [6, 6.07) is 54.0. The second-order valence-electron chi connectivity index (χ2n) is 15.9. The van der Waals surface area contributed by atoms with E-state index in [1.165, 1.54) is 83.2 Å². The molecule has 12 rings (SSSR count). The fraction of sp³-hybridized carbons (Fsp3) is 0.137. The minimum Gasteiger partial charge on any atom is -0.489 e. The van der Waals surface area contributed by atoms with Gasteiger partial charge in [-0.3, -0.25) is 0 Å². The van der Waals surface area contributed by atoms with Crippen LogP contribution in [0.3, 0.4) is 0 Å². The molecule has 1 spiro atoms. The zero-order valence-corrected chi connectivity index (χ0v) is 29.8. The van der Waals surface area contributed by atoms with Crippen LogP contribution in [0.2, 0.25) is 0 Å². The Hall–Kier alpha value is -6.12.